The summed E-state index contributed by atoms with van der Waals surface area (Å²) in [4.78, 5) is 23.1. The van der Waals surface area contributed by atoms with E-state index < -0.39 is 4.92 Å². The fourth-order valence-electron chi connectivity index (χ4n) is 1.81. The summed E-state index contributed by atoms with van der Waals surface area (Å²) >= 11 is 1.30. The highest BCUT2D eigenvalue weighted by molar-refractivity contribution is 8.00. The van der Waals surface area contributed by atoms with Crippen LogP contribution in [0.15, 0.2) is 53.4 Å². The van der Waals surface area contributed by atoms with Gasteiger partial charge in [-0.25, -0.2) is 0 Å². The summed E-state index contributed by atoms with van der Waals surface area (Å²) in [7, 11) is 0. The van der Waals surface area contributed by atoms with E-state index in [1.54, 1.807) is 43.3 Å². The van der Waals surface area contributed by atoms with Crippen molar-refractivity contribution in [3.05, 3.63) is 64.2 Å². The molecule has 0 saturated heterocycles. The molecule has 0 saturated carbocycles. The van der Waals surface area contributed by atoms with E-state index in [0.717, 1.165) is 4.90 Å². The lowest BCUT2D eigenvalue weighted by Gasteiger charge is -2.12. The average molecular weight is 327 g/mol. The van der Waals surface area contributed by atoms with Crippen molar-refractivity contribution in [1.29, 1.82) is 5.26 Å². The minimum atomic E-state index is -0.466. The van der Waals surface area contributed by atoms with Crippen LogP contribution in [0.2, 0.25) is 0 Å². The van der Waals surface area contributed by atoms with Gasteiger partial charge < -0.3 is 5.32 Å². The van der Waals surface area contributed by atoms with Gasteiger partial charge >= 0.3 is 0 Å². The van der Waals surface area contributed by atoms with Gasteiger partial charge in [0.1, 0.15) is 0 Å². The number of non-ortho nitro benzene ring substituents is 1. The molecule has 7 heteroatoms. The number of nitro groups is 1. The Bertz CT molecular complexity index is 769. The summed E-state index contributed by atoms with van der Waals surface area (Å²) in [6, 6.07) is 14.7. The zero-order valence-corrected chi connectivity index (χ0v) is 13.0. The Hall–Kier alpha value is -2.85. The number of nitrogens with zero attached hydrogens (tertiary/aromatic N) is 2. The number of carbonyl (C=O) groups excluding carboxylic acids is 1. The van der Waals surface area contributed by atoms with Crippen LogP contribution in [-0.4, -0.2) is 16.1 Å². The number of benzene rings is 2. The van der Waals surface area contributed by atoms with Crippen molar-refractivity contribution in [2.24, 2.45) is 0 Å². The number of nitro benzene ring substituents is 1. The molecular weight excluding hydrogens is 314 g/mol. The monoisotopic (exact) mass is 327 g/mol. The molecule has 2 aromatic rings. The SMILES string of the molecule is C[C@@H](Sc1ccc([N+](=O)[O-])cc1)C(=O)Nc1cccc(C#N)c1. The third-order valence-electron chi connectivity index (χ3n) is 2.99. The number of rotatable bonds is 5. The average Bonchev–Trinajstić information content (AvgIpc) is 2.55. The van der Waals surface area contributed by atoms with Crippen LogP contribution in [0.4, 0.5) is 11.4 Å². The lowest BCUT2D eigenvalue weighted by atomic mass is 10.2. The van der Waals surface area contributed by atoms with Gasteiger partial charge in [-0.3, -0.25) is 14.9 Å². The summed E-state index contributed by atoms with van der Waals surface area (Å²) in [6.45, 7) is 1.75. The van der Waals surface area contributed by atoms with E-state index in [0.29, 0.717) is 11.3 Å². The van der Waals surface area contributed by atoms with Crippen molar-refractivity contribution in [2.45, 2.75) is 17.1 Å². The second-order valence-corrected chi connectivity index (χ2v) is 6.11. The van der Waals surface area contributed by atoms with Crippen molar-refractivity contribution in [3.63, 3.8) is 0 Å². The molecule has 1 atom stereocenters. The van der Waals surface area contributed by atoms with Gasteiger partial charge in [-0.15, -0.1) is 11.8 Å². The van der Waals surface area contributed by atoms with Crippen molar-refractivity contribution in [1.82, 2.24) is 0 Å². The highest BCUT2D eigenvalue weighted by Crippen LogP contribution is 2.26. The van der Waals surface area contributed by atoms with E-state index in [1.807, 2.05) is 6.07 Å². The Balaban J connectivity index is 1.99. The maximum atomic E-state index is 12.2. The normalized spacial score (nSPS) is 11.3. The predicted molar refractivity (Wildman–Crippen MR) is 88.2 cm³/mol. The van der Waals surface area contributed by atoms with Gasteiger partial charge in [0.25, 0.3) is 5.69 Å². The molecule has 0 aliphatic carbocycles. The smallest absolute Gasteiger partial charge is 0.269 e. The highest BCUT2D eigenvalue weighted by Gasteiger charge is 2.15. The molecule has 23 heavy (non-hydrogen) atoms. The largest absolute Gasteiger partial charge is 0.325 e. The molecular formula is C16H13N3O3S. The van der Waals surface area contributed by atoms with Gasteiger partial charge in [0, 0.05) is 22.7 Å². The maximum Gasteiger partial charge on any atom is 0.269 e. The second kappa shape index (κ2) is 7.42. The molecule has 0 aromatic heterocycles. The first-order valence-corrected chi connectivity index (χ1v) is 7.59. The van der Waals surface area contributed by atoms with Crippen LogP contribution in [0.5, 0.6) is 0 Å². The molecule has 0 heterocycles. The van der Waals surface area contributed by atoms with Crippen molar-refractivity contribution < 1.29 is 9.72 Å². The van der Waals surface area contributed by atoms with Crippen molar-refractivity contribution in [2.75, 3.05) is 5.32 Å². The number of anilines is 1. The molecule has 0 radical (unpaired) electrons. The van der Waals surface area contributed by atoms with Crippen LogP contribution in [0.25, 0.3) is 0 Å². The predicted octanol–water partition coefficient (Wildman–Crippen LogP) is 3.59. The Morgan fingerprint density at radius 2 is 2.00 bits per heavy atom. The molecule has 1 N–H and O–H groups in total. The Morgan fingerprint density at radius 1 is 1.30 bits per heavy atom. The zero-order chi connectivity index (χ0) is 16.8. The first-order valence-electron chi connectivity index (χ1n) is 6.72. The second-order valence-electron chi connectivity index (χ2n) is 4.69. The van der Waals surface area contributed by atoms with E-state index in [-0.39, 0.29) is 16.8 Å². The number of nitrogens with one attached hydrogen (secondary N) is 1. The summed E-state index contributed by atoms with van der Waals surface area (Å²) < 4.78 is 0. The molecule has 0 unspecified atom stereocenters. The third kappa shape index (κ3) is 4.56. The number of thioether (sulfide) groups is 1. The molecule has 1 amide bonds. The number of hydrogen-bond acceptors (Lipinski definition) is 5. The fraction of sp³-hybridized carbons (Fsp3) is 0.125. The van der Waals surface area contributed by atoms with E-state index in [4.69, 9.17) is 5.26 Å². The number of carbonyl (C=O) groups is 1. The zero-order valence-electron chi connectivity index (χ0n) is 12.2. The van der Waals surface area contributed by atoms with E-state index in [1.165, 1.54) is 23.9 Å². The molecule has 0 fully saturated rings. The molecule has 2 aromatic carbocycles. The van der Waals surface area contributed by atoms with Crippen LogP contribution in [0.3, 0.4) is 0 Å². The molecule has 6 nitrogen and oxygen atoms in total. The molecule has 2 rings (SSSR count). The van der Waals surface area contributed by atoms with Gasteiger partial charge in [0.15, 0.2) is 0 Å². The fourth-order valence-corrected chi connectivity index (χ4v) is 2.68. The topological polar surface area (TPSA) is 96.0 Å². The Labute approximate surface area is 137 Å². The van der Waals surface area contributed by atoms with Gasteiger partial charge in [0.2, 0.25) is 5.91 Å². The molecule has 0 bridgehead atoms. The van der Waals surface area contributed by atoms with Crippen LogP contribution in [0.1, 0.15) is 12.5 Å². The standard InChI is InChI=1S/C16H13N3O3S/c1-11(23-15-7-5-14(6-8-15)19(21)22)16(20)18-13-4-2-3-12(9-13)10-17/h2-9,11H,1H3,(H,18,20)/t11-/m1/s1. The van der Waals surface area contributed by atoms with Crippen LogP contribution in [-0.2, 0) is 4.79 Å². The first kappa shape index (κ1) is 16.5. The molecule has 0 aliphatic rings. The lowest BCUT2D eigenvalue weighted by Crippen LogP contribution is -2.22. The summed E-state index contributed by atoms with van der Waals surface area (Å²) in [5, 5.41) is 21.8. The Kier molecular flexibility index (Phi) is 5.33. The molecule has 116 valence electrons. The third-order valence-corrected chi connectivity index (χ3v) is 4.10. The first-order chi connectivity index (χ1) is 11.0. The minimum Gasteiger partial charge on any atom is -0.325 e. The molecule has 0 aliphatic heterocycles. The number of hydrogen-bond donors (Lipinski definition) is 1. The van der Waals surface area contributed by atoms with Crippen LogP contribution in [0, 0.1) is 21.4 Å². The van der Waals surface area contributed by atoms with E-state index in [2.05, 4.69) is 5.32 Å². The van der Waals surface area contributed by atoms with Gasteiger partial charge in [0.05, 0.1) is 21.8 Å². The van der Waals surface area contributed by atoms with Crippen molar-refractivity contribution in [3.8, 4) is 6.07 Å². The van der Waals surface area contributed by atoms with E-state index in [9.17, 15) is 14.9 Å². The highest BCUT2D eigenvalue weighted by atomic mass is 32.2. The van der Waals surface area contributed by atoms with Crippen LogP contribution < -0.4 is 5.32 Å². The van der Waals surface area contributed by atoms with Gasteiger partial charge in [-0.2, -0.15) is 5.26 Å². The molecule has 0 spiro atoms. The van der Waals surface area contributed by atoms with E-state index >= 15 is 0 Å². The number of amides is 1. The summed E-state index contributed by atoms with van der Waals surface area (Å²) in [5.41, 5.74) is 1.04. The number of nitriles is 1. The van der Waals surface area contributed by atoms with Gasteiger partial charge in [-0.05, 0) is 37.3 Å². The maximum absolute atomic E-state index is 12.2. The minimum absolute atomic E-state index is 0.0137. The van der Waals surface area contributed by atoms with Gasteiger partial charge in [-0.1, -0.05) is 6.07 Å². The lowest BCUT2D eigenvalue weighted by molar-refractivity contribution is -0.384. The van der Waals surface area contributed by atoms with Crippen LogP contribution >= 0.6 is 11.8 Å². The summed E-state index contributed by atoms with van der Waals surface area (Å²) in [5.74, 6) is -0.205. The summed E-state index contributed by atoms with van der Waals surface area (Å²) in [6.07, 6.45) is 0. The Morgan fingerprint density at radius 3 is 2.61 bits per heavy atom. The quantitative estimate of drug-likeness (QED) is 0.514. The van der Waals surface area contributed by atoms with Crippen molar-refractivity contribution >= 4 is 29.0 Å².